The molecule has 21 heavy (non-hydrogen) atoms. The zero-order valence-corrected chi connectivity index (χ0v) is 14.6. The summed E-state index contributed by atoms with van der Waals surface area (Å²) >= 11 is 6.29. The van der Waals surface area contributed by atoms with Crippen LogP contribution in [0.5, 0.6) is 0 Å². The van der Waals surface area contributed by atoms with E-state index in [2.05, 4.69) is 49.8 Å². The Bertz CT molecular complexity index is 467. The van der Waals surface area contributed by atoms with Crippen LogP contribution in [0.1, 0.15) is 40.2 Å². The number of nitrogens with one attached hydrogen (secondary N) is 1. The van der Waals surface area contributed by atoms with Crippen molar-refractivity contribution in [2.45, 2.75) is 53.2 Å². The SMILES string of the molecule is CC(C)C1CNC(C(C)(C)C)CN1Cc1ccncc1Cl. The van der Waals surface area contributed by atoms with Gasteiger partial charge >= 0.3 is 0 Å². The Morgan fingerprint density at radius 1 is 1.43 bits per heavy atom. The van der Waals surface area contributed by atoms with Crippen LogP contribution in [0.15, 0.2) is 18.5 Å². The van der Waals surface area contributed by atoms with Crippen molar-refractivity contribution in [3.8, 4) is 0 Å². The van der Waals surface area contributed by atoms with E-state index in [1.807, 2.05) is 12.3 Å². The third kappa shape index (κ3) is 4.18. The molecule has 1 aromatic heterocycles. The maximum atomic E-state index is 6.29. The highest BCUT2D eigenvalue weighted by atomic mass is 35.5. The lowest BCUT2D eigenvalue weighted by molar-refractivity contribution is 0.0572. The molecule has 1 aliphatic rings. The van der Waals surface area contributed by atoms with Crippen LogP contribution in [0, 0.1) is 11.3 Å². The first-order valence-electron chi connectivity index (χ1n) is 7.85. The molecule has 4 heteroatoms. The second kappa shape index (κ2) is 6.64. The van der Waals surface area contributed by atoms with Gasteiger partial charge in [0.2, 0.25) is 0 Å². The number of piperazine rings is 1. The lowest BCUT2D eigenvalue weighted by Crippen LogP contribution is -2.61. The normalized spacial score (nSPS) is 24.5. The highest BCUT2D eigenvalue weighted by Gasteiger charge is 2.35. The molecule has 118 valence electrons. The molecule has 0 bridgehead atoms. The molecule has 0 spiro atoms. The molecule has 2 unspecified atom stereocenters. The van der Waals surface area contributed by atoms with E-state index in [1.165, 1.54) is 5.56 Å². The molecule has 1 fully saturated rings. The molecule has 1 aromatic rings. The van der Waals surface area contributed by atoms with Crippen LogP contribution in [-0.2, 0) is 6.54 Å². The number of pyridine rings is 1. The maximum Gasteiger partial charge on any atom is 0.0634 e. The van der Waals surface area contributed by atoms with Crippen LogP contribution in [-0.4, -0.2) is 35.1 Å². The molecule has 0 radical (unpaired) electrons. The van der Waals surface area contributed by atoms with Gasteiger partial charge in [0.15, 0.2) is 0 Å². The number of halogens is 1. The van der Waals surface area contributed by atoms with Gasteiger partial charge < -0.3 is 5.32 Å². The lowest BCUT2D eigenvalue weighted by Gasteiger charge is -2.46. The Morgan fingerprint density at radius 3 is 2.71 bits per heavy atom. The van der Waals surface area contributed by atoms with Crippen LogP contribution in [0.2, 0.25) is 5.02 Å². The summed E-state index contributed by atoms with van der Waals surface area (Å²) in [6.07, 6.45) is 3.57. The highest BCUT2D eigenvalue weighted by molar-refractivity contribution is 6.31. The molecular weight excluding hydrogens is 282 g/mol. The predicted octanol–water partition coefficient (Wildman–Crippen LogP) is 3.58. The fourth-order valence-electron chi connectivity index (χ4n) is 3.00. The highest BCUT2D eigenvalue weighted by Crippen LogP contribution is 2.27. The molecule has 1 N–H and O–H groups in total. The average Bonchev–Trinajstić information content (AvgIpc) is 2.40. The Kier molecular flexibility index (Phi) is 5.29. The first kappa shape index (κ1) is 16.7. The molecule has 0 aliphatic carbocycles. The van der Waals surface area contributed by atoms with Crippen molar-refractivity contribution >= 4 is 11.6 Å². The lowest BCUT2D eigenvalue weighted by atomic mass is 9.83. The van der Waals surface area contributed by atoms with Gasteiger partial charge in [-0.05, 0) is 23.0 Å². The van der Waals surface area contributed by atoms with Crippen molar-refractivity contribution in [1.29, 1.82) is 0 Å². The summed E-state index contributed by atoms with van der Waals surface area (Å²) in [6.45, 7) is 14.5. The van der Waals surface area contributed by atoms with Crippen molar-refractivity contribution in [3.63, 3.8) is 0 Å². The first-order valence-corrected chi connectivity index (χ1v) is 8.22. The van der Waals surface area contributed by atoms with Gasteiger partial charge in [0.25, 0.3) is 0 Å². The Hall–Kier alpha value is -0.640. The largest absolute Gasteiger partial charge is 0.311 e. The topological polar surface area (TPSA) is 28.2 Å². The number of hydrogen-bond donors (Lipinski definition) is 1. The number of aromatic nitrogens is 1. The summed E-state index contributed by atoms with van der Waals surface area (Å²) in [5.74, 6) is 0.624. The molecule has 0 aromatic carbocycles. The average molecular weight is 310 g/mol. The molecule has 2 atom stereocenters. The van der Waals surface area contributed by atoms with Crippen molar-refractivity contribution in [2.75, 3.05) is 13.1 Å². The van der Waals surface area contributed by atoms with Crippen LogP contribution in [0.4, 0.5) is 0 Å². The number of hydrogen-bond acceptors (Lipinski definition) is 3. The second-order valence-corrected chi connectivity index (χ2v) is 7.94. The van der Waals surface area contributed by atoms with Gasteiger partial charge in [-0.1, -0.05) is 46.2 Å². The number of rotatable bonds is 3. The third-order valence-corrected chi connectivity index (χ3v) is 4.84. The van der Waals surface area contributed by atoms with Crippen LogP contribution >= 0.6 is 11.6 Å². The van der Waals surface area contributed by atoms with Crippen LogP contribution < -0.4 is 5.32 Å². The molecule has 0 saturated carbocycles. The maximum absolute atomic E-state index is 6.29. The summed E-state index contributed by atoms with van der Waals surface area (Å²) in [6, 6.07) is 3.09. The minimum absolute atomic E-state index is 0.266. The summed E-state index contributed by atoms with van der Waals surface area (Å²) < 4.78 is 0. The van der Waals surface area contributed by atoms with Crippen molar-refractivity contribution in [2.24, 2.45) is 11.3 Å². The van der Waals surface area contributed by atoms with E-state index in [0.29, 0.717) is 18.0 Å². The molecule has 2 heterocycles. The summed E-state index contributed by atoms with van der Waals surface area (Å²) in [5, 5.41) is 4.50. The predicted molar refractivity (Wildman–Crippen MR) is 89.5 cm³/mol. The molecule has 3 nitrogen and oxygen atoms in total. The van der Waals surface area contributed by atoms with Gasteiger partial charge in [-0.3, -0.25) is 9.88 Å². The standard InChI is InChI=1S/C17H28ClN3/c1-12(2)15-9-20-16(17(3,4)5)11-21(15)10-13-6-7-19-8-14(13)18/h6-8,12,15-16,20H,9-11H2,1-5H3. The quantitative estimate of drug-likeness (QED) is 0.925. The van der Waals surface area contributed by atoms with Gasteiger partial charge in [0.1, 0.15) is 0 Å². The Morgan fingerprint density at radius 2 is 2.14 bits per heavy atom. The molecular formula is C17H28ClN3. The van der Waals surface area contributed by atoms with Gasteiger partial charge in [0, 0.05) is 44.1 Å². The van der Waals surface area contributed by atoms with E-state index in [9.17, 15) is 0 Å². The van der Waals surface area contributed by atoms with Gasteiger partial charge in [-0.15, -0.1) is 0 Å². The second-order valence-electron chi connectivity index (χ2n) is 7.53. The van der Waals surface area contributed by atoms with E-state index >= 15 is 0 Å². The zero-order valence-electron chi connectivity index (χ0n) is 13.9. The fraction of sp³-hybridized carbons (Fsp3) is 0.706. The van der Waals surface area contributed by atoms with Crippen LogP contribution in [0.25, 0.3) is 0 Å². The van der Waals surface area contributed by atoms with Gasteiger partial charge in [-0.25, -0.2) is 0 Å². The summed E-state index contributed by atoms with van der Waals surface area (Å²) in [5.41, 5.74) is 1.44. The van der Waals surface area contributed by atoms with E-state index in [0.717, 1.165) is 24.7 Å². The summed E-state index contributed by atoms with van der Waals surface area (Å²) in [7, 11) is 0. The minimum atomic E-state index is 0.266. The van der Waals surface area contributed by atoms with E-state index in [1.54, 1.807) is 6.20 Å². The zero-order chi connectivity index (χ0) is 15.6. The van der Waals surface area contributed by atoms with Crippen molar-refractivity contribution < 1.29 is 0 Å². The smallest absolute Gasteiger partial charge is 0.0634 e. The van der Waals surface area contributed by atoms with Gasteiger partial charge in [0.05, 0.1) is 5.02 Å². The fourth-order valence-corrected chi connectivity index (χ4v) is 3.18. The monoisotopic (exact) mass is 309 g/mol. The minimum Gasteiger partial charge on any atom is -0.311 e. The van der Waals surface area contributed by atoms with E-state index < -0.39 is 0 Å². The molecule has 1 aliphatic heterocycles. The molecule has 0 amide bonds. The first-order chi connectivity index (χ1) is 9.79. The number of nitrogens with zero attached hydrogens (tertiary/aromatic N) is 2. The van der Waals surface area contributed by atoms with Gasteiger partial charge in [-0.2, -0.15) is 0 Å². The van der Waals surface area contributed by atoms with E-state index in [4.69, 9.17) is 11.6 Å². The molecule has 2 rings (SSSR count). The van der Waals surface area contributed by atoms with E-state index in [-0.39, 0.29) is 5.41 Å². The molecule has 1 saturated heterocycles. The van der Waals surface area contributed by atoms with Crippen LogP contribution in [0.3, 0.4) is 0 Å². The summed E-state index contributed by atoms with van der Waals surface area (Å²) in [4.78, 5) is 6.67. The van der Waals surface area contributed by atoms with Crippen molar-refractivity contribution in [3.05, 3.63) is 29.0 Å². The Balaban J connectivity index is 2.16. The van der Waals surface area contributed by atoms with Crippen molar-refractivity contribution in [1.82, 2.24) is 15.2 Å². The Labute approximate surface area is 134 Å². The third-order valence-electron chi connectivity index (χ3n) is 4.50.